The molecule has 1 aliphatic heterocycles. The zero-order valence-electron chi connectivity index (χ0n) is 12.0. The summed E-state index contributed by atoms with van der Waals surface area (Å²) in [4.78, 5) is 9.00. The number of nitrogens with zero attached hydrogens (tertiary/aromatic N) is 3. The zero-order chi connectivity index (χ0) is 16.4. The van der Waals surface area contributed by atoms with E-state index in [9.17, 15) is 13.2 Å². The maximum absolute atomic E-state index is 12.6. The highest BCUT2D eigenvalue weighted by molar-refractivity contribution is 9.10. The molecule has 0 radical (unpaired) electrons. The average molecular weight is 387 g/mol. The number of para-hydroxylation sites is 1. The van der Waals surface area contributed by atoms with Crippen LogP contribution in [0.15, 0.2) is 41.0 Å². The second-order valence-corrected chi connectivity index (χ2v) is 6.14. The summed E-state index contributed by atoms with van der Waals surface area (Å²) in [6.45, 7) is 1.53. The fourth-order valence-electron chi connectivity index (χ4n) is 2.59. The third kappa shape index (κ3) is 3.74. The minimum atomic E-state index is -4.53. The lowest BCUT2D eigenvalue weighted by Gasteiger charge is -2.20. The zero-order valence-corrected chi connectivity index (χ0v) is 13.6. The third-order valence-electron chi connectivity index (χ3n) is 3.64. The van der Waals surface area contributed by atoms with Crippen LogP contribution in [0.3, 0.4) is 0 Å². The van der Waals surface area contributed by atoms with Gasteiger partial charge in [-0.05, 0) is 40.5 Å². The highest BCUT2D eigenvalue weighted by Crippen LogP contribution is 2.30. The standard InChI is InChI=1S/C15H14BrF3N4/c16-11-3-1-2-4-12(11)23-8-6-10(9-23)21-13-5-7-20-14(22-13)15(17,18)19/h1-5,7,10H,6,8-9H2,(H,20,21,22). The molecule has 2 heterocycles. The lowest BCUT2D eigenvalue weighted by molar-refractivity contribution is -0.144. The smallest absolute Gasteiger partial charge is 0.368 e. The summed E-state index contributed by atoms with van der Waals surface area (Å²) in [5.41, 5.74) is 1.08. The molecule has 0 bridgehead atoms. The van der Waals surface area contributed by atoms with E-state index in [2.05, 4.69) is 36.1 Å². The summed E-state index contributed by atoms with van der Waals surface area (Å²) in [5, 5.41) is 3.06. The van der Waals surface area contributed by atoms with Gasteiger partial charge in [-0.3, -0.25) is 0 Å². The molecule has 0 amide bonds. The van der Waals surface area contributed by atoms with Crippen molar-refractivity contribution in [1.29, 1.82) is 0 Å². The van der Waals surface area contributed by atoms with Crippen LogP contribution in [0, 0.1) is 0 Å². The Kier molecular flexibility index (Phi) is 4.43. The van der Waals surface area contributed by atoms with Crippen molar-refractivity contribution in [2.75, 3.05) is 23.3 Å². The molecular formula is C15H14BrF3N4. The van der Waals surface area contributed by atoms with E-state index in [1.165, 1.54) is 6.07 Å². The lowest BCUT2D eigenvalue weighted by atomic mass is 10.2. The molecule has 1 fully saturated rings. The average Bonchev–Trinajstić information content (AvgIpc) is 2.95. The van der Waals surface area contributed by atoms with Crippen molar-refractivity contribution in [2.45, 2.75) is 18.6 Å². The second-order valence-electron chi connectivity index (χ2n) is 5.29. The van der Waals surface area contributed by atoms with Gasteiger partial charge in [0.05, 0.1) is 5.69 Å². The number of halogens is 4. The Balaban J connectivity index is 1.68. The Bertz CT molecular complexity index is 692. The first kappa shape index (κ1) is 16.0. The Morgan fingerprint density at radius 3 is 2.74 bits per heavy atom. The van der Waals surface area contributed by atoms with Crippen molar-refractivity contribution in [3.63, 3.8) is 0 Å². The van der Waals surface area contributed by atoms with Gasteiger partial charge >= 0.3 is 6.18 Å². The molecule has 1 unspecified atom stereocenters. The largest absolute Gasteiger partial charge is 0.451 e. The molecule has 4 nitrogen and oxygen atoms in total. The van der Waals surface area contributed by atoms with Crippen LogP contribution in [0.5, 0.6) is 0 Å². The molecule has 8 heteroatoms. The van der Waals surface area contributed by atoms with Gasteiger partial charge in [-0.15, -0.1) is 0 Å². The van der Waals surface area contributed by atoms with E-state index < -0.39 is 12.0 Å². The van der Waals surface area contributed by atoms with E-state index in [-0.39, 0.29) is 11.9 Å². The normalized spacial score (nSPS) is 18.3. The van der Waals surface area contributed by atoms with Crippen molar-refractivity contribution in [3.05, 3.63) is 46.8 Å². The monoisotopic (exact) mass is 386 g/mol. The topological polar surface area (TPSA) is 41.1 Å². The Labute approximate surface area is 139 Å². The number of alkyl halides is 3. The van der Waals surface area contributed by atoms with Gasteiger partial charge in [0.2, 0.25) is 5.82 Å². The van der Waals surface area contributed by atoms with Gasteiger partial charge in [0.25, 0.3) is 0 Å². The molecule has 1 N–H and O–H groups in total. The van der Waals surface area contributed by atoms with Crippen LogP contribution in [-0.4, -0.2) is 29.1 Å². The molecular weight excluding hydrogens is 373 g/mol. The summed E-state index contributed by atoms with van der Waals surface area (Å²) in [6, 6.07) is 9.38. The highest BCUT2D eigenvalue weighted by Gasteiger charge is 2.35. The summed E-state index contributed by atoms with van der Waals surface area (Å²) in [7, 11) is 0. The molecule has 1 aliphatic rings. The van der Waals surface area contributed by atoms with Crippen LogP contribution in [0.25, 0.3) is 0 Å². The van der Waals surface area contributed by atoms with Gasteiger partial charge in [0, 0.05) is 29.8 Å². The molecule has 0 saturated carbocycles. The first-order chi connectivity index (χ1) is 10.9. The molecule has 2 aromatic rings. The SMILES string of the molecule is FC(F)(F)c1nccc(NC2CCN(c3ccccc3Br)C2)n1. The first-order valence-corrected chi connectivity index (χ1v) is 7.89. The maximum atomic E-state index is 12.6. The number of nitrogens with one attached hydrogen (secondary N) is 1. The molecule has 1 saturated heterocycles. The number of anilines is 2. The van der Waals surface area contributed by atoms with Gasteiger partial charge < -0.3 is 10.2 Å². The molecule has 1 atom stereocenters. The van der Waals surface area contributed by atoms with E-state index >= 15 is 0 Å². The molecule has 1 aromatic carbocycles. The van der Waals surface area contributed by atoms with Gasteiger partial charge in [-0.25, -0.2) is 9.97 Å². The number of rotatable bonds is 3. The van der Waals surface area contributed by atoms with Crippen molar-refractivity contribution in [2.24, 2.45) is 0 Å². The van der Waals surface area contributed by atoms with Gasteiger partial charge in [0.1, 0.15) is 5.82 Å². The Morgan fingerprint density at radius 1 is 1.22 bits per heavy atom. The van der Waals surface area contributed by atoms with E-state index in [1.54, 1.807) is 0 Å². The van der Waals surface area contributed by atoms with E-state index in [0.29, 0.717) is 6.54 Å². The van der Waals surface area contributed by atoms with E-state index in [1.807, 2.05) is 24.3 Å². The Morgan fingerprint density at radius 2 is 2.00 bits per heavy atom. The maximum Gasteiger partial charge on any atom is 0.451 e. The fraction of sp³-hybridized carbons (Fsp3) is 0.333. The van der Waals surface area contributed by atoms with Gasteiger partial charge in [-0.2, -0.15) is 13.2 Å². The van der Waals surface area contributed by atoms with Crippen LogP contribution in [0.4, 0.5) is 24.7 Å². The number of benzene rings is 1. The van der Waals surface area contributed by atoms with Crippen LogP contribution in [0.1, 0.15) is 12.2 Å². The van der Waals surface area contributed by atoms with Crippen LogP contribution in [0.2, 0.25) is 0 Å². The summed E-state index contributed by atoms with van der Waals surface area (Å²) in [6.07, 6.45) is -2.58. The van der Waals surface area contributed by atoms with Crippen molar-refractivity contribution >= 4 is 27.4 Å². The number of hydrogen-bond donors (Lipinski definition) is 1. The number of aromatic nitrogens is 2. The fourth-order valence-corrected chi connectivity index (χ4v) is 3.13. The van der Waals surface area contributed by atoms with Gasteiger partial charge in [-0.1, -0.05) is 12.1 Å². The minimum absolute atomic E-state index is 0.0399. The first-order valence-electron chi connectivity index (χ1n) is 7.10. The molecule has 1 aromatic heterocycles. The molecule has 23 heavy (non-hydrogen) atoms. The molecule has 3 rings (SSSR count). The van der Waals surface area contributed by atoms with E-state index in [0.717, 1.165) is 29.3 Å². The van der Waals surface area contributed by atoms with Crippen LogP contribution < -0.4 is 10.2 Å². The Hall–Kier alpha value is -1.83. The molecule has 0 spiro atoms. The van der Waals surface area contributed by atoms with Crippen LogP contribution in [-0.2, 0) is 6.18 Å². The van der Waals surface area contributed by atoms with Crippen molar-refractivity contribution in [1.82, 2.24) is 9.97 Å². The van der Waals surface area contributed by atoms with Crippen molar-refractivity contribution in [3.8, 4) is 0 Å². The minimum Gasteiger partial charge on any atom is -0.368 e. The predicted octanol–water partition coefficient (Wildman–Crippen LogP) is 3.95. The predicted molar refractivity (Wildman–Crippen MR) is 85.4 cm³/mol. The number of hydrogen-bond acceptors (Lipinski definition) is 4. The van der Waals surface area contributed by atoms with Gasteiger partial charge in [0.15, 0.2) is 0 Å². The van der Waals surface area contributed by atoms with E-state index in [4.69, 9.17) is 0 Å². The summed E-state index contributed by atoms with van der Waals surface area (Å²) < 4.78 is 38.9. The quantitative estimate of drug-likeness (QED) is 0.866. The molecule has 0 aliphatic carbocycles. The third-order valence-corrected chi connectivity index (χ3v) is 4.31. The summed E-state index contributed by atoms with van der Waals surface area (Å²) in [5.74, 6) is -0.922. The van der Waals surface area contributed by atoms with Crippen molar-refractivity contribution < 1.29 is 13.2 Å². The van der Waals surface area contributed by atoms with Crippen LogP contribution >= 0.6 is 15.9 Å². The molecule has 122 valence electrons. The lowest BCUT2D eigenvalue weighted by Crippen LogP contribution is -2.27. The summed E-state index contributed by atoms with van der Waals surface area (Å²) >= 11 is 3.52. The highest BCUT2D eigenvalue weighted by atomic mass is 79.9. The second kappa shape index (κ2) is 6.35.